The summed E-state index contributed by atoms with van der Waals surface area (Å²) in [4.78, 5) is 30.0. The Hall–Kier alpha value is -3.01. The Kier molecular flexibility index (Phi) is 11.0. The Balaban J connectivity index is 1.66. The lowest BCUT2D eigenvalue weighted by molar-refractivity contribution is -0.139. The topological polar surface area (TPSA) is 86.8 Å². The lowest BCUT2D eigenvalue weighted by Crippen LogP contribution is -2.53. The van der Waals surface area contributed by atoms with Crippen molar-refractivity contribution < 1.29 is 18.0 Å². The van der Waals surface area contributed by atoms with Crippen molar-refractivity contribution in [2.45, 2.75) is 74.4 Å². The lowest BCUT2D eigenvalue weighted by Gasteiger charge is -2.33. The standard InChI is InChI=1S/C32H38ClN3O4S2/c1-23-9-15-28(16-10-23)36(42(39,40)30-19-17-29(41-3)18-20-30)22-31(37)35(21-25-11-13-26(33)14-12-25)24(2)32(38)34-27-7-5-4-6-8-27/h9-20,24,27H,4-8,21-22H2,1-3H3,(H,34,38)/t24-/m0/s1. The molecule has 7 nitrogen and oxygen atoms in total. The van der Waals surface area contributed by atoms with Gasteiger partial charge in [-0.25, -0.2) is 8.42 Å². The van der Waals surface area contributed by atoms with E-state index in [1.807, 2.05) is 25.3 Å². The van der Waals surface area contributed by atoms with Crippen LogP contribution in [0.3, 0.4) is 0 Å². The molecule has 0 aromatic heterocycles. The predicted molar refractivity (Wildman–Crippen MR) is 170 cm³/mol. The van der Waals surface area contributed by atoms with E-state index >= 15 is 0 Å². The van der Waals surface area contributed by atoms with Gasteiger partial charge in [0.25, 0.3) is 10.0 Å². The molecule has 2 amide bonds. The van der Waals surface area contributed by atoms with Gasteiger partial charge in [0.1, 0.15) is 12.6 Å². The maximum absolute atomic E-state index is 14.1. The molecule has 1 fully saturated rings. The fraction of sp³-hybridized carbons (Fsp3) is 0.375. The van der Waals surface area contributed by atoms with E-state index in [1.54, 1.807) is 67.6 Å². The van der Waals surface area contributed by atoms with E-state index in [4.69, 9.17) is 11.6 Å². The predicted octanol–water partition coefficient (Wildman–Crippen LogP) is 6.43. The average molecular weight is 628 g/mol. The summed E-state index contributed by atoms with van der Waals surface area (Å²) in [6.07, 6.45) is 7.03. The highest BCUT2D eigenvalue weighted by Gasteiger charge is 2.33. The molecule has 1 atom stereocenters. The van der Waals surface area contributed by atoms with Crippen molar-refractivity contribution in [3.8, 4) is 0 Å². The third-order valence-corrected chi connectivity index (χ3v) is 10.4. The number of benzene rings is 3. The van der Waals surface area contributed by atoms with Crippen LogP contribution in [0.1, 0.15) is 50.2 Å². The van der Waals surface area contributed by atoms with Crippen LogP contribution in [0.25, 0.3) is 0 Å². The minimum Gasteiger partial charge on any atom is -0.352 e. The van der Waals surface area contributed by atoms with Crippen LogP contribution in [0.2, 0.25) is 5.02 Å². The molecule has 42 heavy (non-hydrogen) atoms. The number of amides is 2. The van der Waals surface area contributed by atoms with Gasteiger partial charge >= 0.3 is 0 Å². The number of hydrogen-bond donors (Lipinski definition) is 1. The van der Waals surface area contributed by atoms with Crippen LogP contribution < -0.4 is 9.62 Å². The van der Waals surface area contributed by atoms with Crippen molar-refractivity contribution in [2.24, 2.45) is 0 Å². The Morgan fingerprint density at radius 2 is 1.57 bits per heavy atom. The minimum absolute atomic E-state index is 0.0786. The first-order chi connectivity index (χ1) is 20.1. The molecule has 0 heterocycles. The van der Waals surface area contributed by atoms with Crippen LogP contribution in [0.4, 0.5) is 5.69 Å². The summed E-state index contributed by atoms with van der Waals surface area (Å²) in [7, 11) is -4.11. The fourth-order valence-corrected chi connectivity index (χ4v) is 7.00. The monoisotopic (exact) mass is 627 g/mol. The molecular weight excluding hydrogens is 590 g/mol. The van der Waals surface area contributed by atoms with Gasteiger partial charge in [0.15, 0.2) is 0 Å². The van der Waals surface area contributed by atoms with Crippen LogP contribution in [-0.4, -0.2) is 50.0 Å². The lowest BCUT2D eigenvalue weighted by atomic mass is 9.95. The molecule has 0 saturated heterocycles. The summed E-state index contributed by atoms with van der Waals surface area (Å²) >= 11 is 7.60. The average Bonchev–Trinajstić information content (AvgIpc) is 3.00. The van der Waals surface area contributed by atoms with Gasteiger partial charge in [-0.3, -0.25) is 13.9 Å². The van der Waals surface area contributed by atoms with Crippen molar-refractivity contribution in [1.29, 1.82) is 0 Å². The molecule has 1 aliphatic carbocycles. The second kappa shape index (κ2) is 14.4. The molecule has 0 unspecified atom stereocenters. The summed E-state index contributed by atoms with van der Waals surface area (Å²) in [6, 6.07) is 19.9. The highest BCUT2D eigenvalue weighted by Crippen LogP contribution is 2.27. The van der Waals surface area contributed by atoms with Gasteiger partial charge in [-0.2, -0.15) is 0 Å². The Labute approximate surface area is 258 Å². The number of carbonyl (C=O) groups excluding carboxylic acids is 2. The Morgan fingerprint density at radius 3 is 2.17 bits per heavy atom. The first-order valence-electron chi connectivity index (χ1n) is 14.2. The second-order valence-corrected chi connectivity index (χ2v) is 13.9. The number of rotatable bonds is 11. The number of carbonyl (C=O) groups is 2. The van der Waals surface area contributed by atoms with Gasteiger partial charge < -0.3 is 10.2 Å². The van der Waals surface area contributed by atoms with Crippen molar-refractivity contribution in [1.82, 2.24) is 10.2 Å². The van der Waals surface area contributed by atoms with Crippen LogP contribution in [0.15, 0.2) is 82.6 Å². The van der Waals surface area contributed by atoms with Gasteiger partial charge in [-0.05, 0) is 87.0 Å². The molecule has 3 aromatic carbocycles. The first kappa shape index (κ1) is 31.9. The number of halogens is 1. The molecular formula is C32H38ClN3O4S2. The van der Waals surface area contributed by atoms with E-state index < -0.39 is 28.5 Å². The van der Waals surface area contributed by atoms with Gasteiger partial charge in [-0.15, -0.1) is 11.8 Å². The largest absolute Gasteiger partial charge is 0.352 e. The molecule has 0 aliphatic heterocycles. The van der Waals surface area contributed by atoms with Crippen molar-refractivity contribution in [2.75, 3.05) is 17.1 Å². The first-order valence-corrected chi connectivity index (χ1v) is 17.2. The molecule has 1 N–H and O–H groups in total. The number of nitrogens with zero attached hydrogens (tertiary/aromatic N) is 2. The van der Waals surface area contributed by atoms with Gasteiger partial charge in [0.2, 0.25) is 11.8 Å². The number of anilines is 1. The van der Waals surface area contributed by atoms with E-state index in [9.17, 15) is 18.0 Å². The number of sulfonamides is 1. The van der Waals surface area contributed by atoms with E-state index in [1.165, 1.54) is 16.7 Å². The molecule has 0 spiro atoms. The quantitative estimate of drug-likeness (QED) is 0.248. The van der Waals surface area contributed by atoms with E-state index in [0.29, 0.717) is 10.7 Å². The summed E-state index contributed by atoms with van der Waals surface area (Å²) < 4.78 is 29.1. The maximum Gasteiger partial charge on any atom is 0.264 e. The van der Waals surface area contributed by atoms with Crippen LogP contribution in [0, 0.1) is 6.92 Å². The Morgan fingerprint density at radius 1 is 0.952 bits per heavy atom. The number of thioether (sulfide) groups is 1. The van der Waals surface area contributed by atoms with E-state index in [-0.39, 0.29) is 23.4 Å². The zero-order chi connectivity index (χ0) is 30.3. The van der Waals surface area contributed by atoms with E-state index in [2.05, 4.69) is 5.32 Å². The van der Waals surface area contributed by atoms with Crippen molar-refractivity contribution in [3.63, 3.8) is 0 Å². The molecule has 0 bridgehead atoms. The van der Waals surface area contributed by atoms with Crippen LogP contribution in [-0.2, 0) is 26.2 Å². The van der Waals surface area contributed by atoms with Gasteiger partial charge in [0.05, 0.1) is 10.6 Å². The highest BCUT2D eigenvalue weighted by atomic mass is 35.5. The molecule has 3 aromatic rings. The zero-order valence-corrected chi connectivity index (χ0v) is 26.6. The fourth-order valence-electron chi connectivity index (χ4n) is 5.05. The number of aryl methyl sites for hydroxylation is 1. The Bertz CT molecular complexity index is 1460. The number of nitrogens with one attached hydrogen (secondary N) is 1. The van der Waals surface area contributed by atoms with Gasteiger partial charge in [-0.1, -0.05) is 60.7 Å². The van der Waals surface area contributed by atoms with Crippen molar-refractivity contribution >= 4 is 50.9 Å². The molecule has 0 radical (unpaired) electrons. The molecule has 1 aliphatic rings. The molecule has 4 rings (SSSR count). The minimum atomic E-state index is -4.11. The summed E-state index contributed by atoms with van der Waals surface area (Å²) in [5, 5.41) is 3.68. The summed E-state index contributed by atoms with van der Waals surface area (Å²) in [5.74, 6) is -0.734. The SMILES string of the molecule is CSc1ccc(S(=O)(=O)N(CC(=O)N(Cc2ccc(Cl)cc2)[C@@H](C)C(=O)NC2CCCCC2)c2ccc(C)cc2)cc1. The molecule has 10 heteroatoms. The van der Waals surface area contributed by atoms with E-state index in [0.717, 1.165) is 52.4 Å². The molecule has 1 saturated carbocycles. The third kappa shape index (κ3) is 8.08. The van der Waals surface area contributed by atoms with Gasteiger partial charge in [0, 0.05) is 22.5 Å². The summed E-state index contributed by atoms with van der Waals surface area (Å²) in [5.41, 5.74) is 2.11. The second-order valence-electron chi connectivity index (χ2n) is 10.7. The number of hydrogen-bond acceptors (Lipinski definition) is 5. The van der Waals surface area contributed by atoms with Crippen LogP contribution in [0.5, 0.6) is 0 Å². The third-order valence-electron chi connectivity index (χ3n) is 7.63. The maximum atomic E-state index is 14.1. The molecule has 224 valence electrons. The normalized spacial score (nSPS) is 14.7. The van der Waals surface area contributed by atoms with Crippen LogP contribution >= 0.6 is 23.4 Å². The summed E-state index contributed by atoms with van der Waals surface area (Å²) in [6.45, 7) is 3.26. The van der Waals surface area contributed by atoms with Crippen molar-refractivity contribution in [3.05, 3.63) is 88.9 Å². The zero-order valence-electron chi connectivity index (χ0n) is 24.3. The smallest absolute Gasteiger partial charge is 0.264 e. The highest BCUT2D eigenvalue weighted by molar-refractivity contribution is 7.98.